The molecule has 0 radical (unpaired) electrons. The fourth-order valence-corrected chi connectivity index (χ4v) is 11.0. The Bertz CT molecular complexity index is 3570. The summed E-state index contributed by atoms with van der Waals surface area (Å²) in [5.74, 6) is -13.3. The molecule has 94 heavy (non-hydrogen) atoms. The molecule has 2 aliphatic rings. The largest absolute Gasteiger partial charge is 0.476 e. The first kappa shape index (κ1) is 72.4. The minimum Gasteiger partial charge on any atom is -0.476 e. The predicted molar refractivity (Wildman–Crippen MR) is 341 cm³/mol. The van der Waals surface area contributed by atoms with E-state index in [1.165, 1.54) is 30.3 Å². The van der Waals surface area contributed by atoms with E-state index in [9.17, 15) is 63.2 Å². The zero-order chi connectivity index (χ0) is 68.9. The SMILES string of the molecule is Cc1cc(F)cc(-c2cnc(NCCNC(=O)CCOCCNC(=O)[C@H](N)CC(=O)N[C@H](C(=O)N[C@@H](CCCNC(N)=O)C(=O)Nc3ccccc3OC3(C(=O)O)OCC(C)(O)C(O)(OC(N)=O)C3(C)O)C(C)C)c(-c3nc4ccc(Cl)cc4[nH]3)c2N2CCC(N)CC2)c1. The fourth-order valence-electron chi connectivity index (χ4n) is 10.8. The minimum absolute atomic E-state index is 0.00987. The first-order chi connectivity index (χ1) is 44.4. The van der Waals surface area contributed by atoms with Crippen LogP contribution in [0.2, 0.25) is 5.02 Å². The fraction of sp³-hybridized carbons (Fsp3) is 0.475. The van der Waals surface area contributed by atoms with Crippen molar-refractivity contribution in [2.24, 2.45) is 28.9 Å². The third-order valence-electron chi connectivity index (χ3n) is 15.8. The number of halogens is 2. The number of rotatable bonds is 30. The van der Waals surface area contributed by atoms with E-state index in [0.29, 0.717) is 64.4 Å². The number of nitrogens with two attached hydrogens (primary N) is 4. The van der Waals surface area contributed by atoms with Crippen molar-refractivity contribution >= 4 is 87.5 Å². The number of carbonyl (C=O) groups is 8. The summed E-state index contributed by atoms with van der Waals surface area (Å²) in [6, 6.07) is 10.2. The molecule has 0 saturated carbocycles. The van der Waals surface area contributed by atoms with Gasteiger partial charge in [0.25, 0.3) is 5.79 Å². The number of hydrogen-bond donors (Lipinski definition) is 16. The Kier molecular flexibility index (Phi) is 24.1. The van der Waals surface area contributed by atoms with Crippen molar-refractivity contribution < 1.29 is 82.1 Å². The lowest BCUT2D eigenvalue weighted by Crippen LogP contribution is -2.84. The van der Waals surface area contributed by atoms with Gasteiger partial charge in [-0.15, -0.1) is 0 Å². The predicted octanol–water partition coefficient (Wildman–Crippen LogP) is 1.28. The number of aromatic amines is 1. The molecule has 3 aromatic carbocycles. The number of carboxylic acid groups (broad SMARTS) is 1. The number of urea groups is 1. The third-order valence-corrected chi connectivity index (χ3v) is 16.1. The van der Waals surface area contributed by atoms with Crippen molar-refractivity contribution in [3.63, 3.8) is 0 Å². The molecule has 0 aliphatic carbocycles. The molecule has 31 nitrogen and oxygen atoms in total. The summed E-state index contributed by atoms with van der Waals surface area (Å²) in [6.45, 7) is 6.91. The number of carbonyl (C=O) groups excluding carboxylic acids is 7. The van der Waals surface area contributed by atoms with E-state index >= 15 is 0 Å². The molecule has 7 rings (SSSR count). The molecule has 2 fully saturated rings. The number of primary amides is 2. The monoisotopic (exact) mass is 1330 g/mol. The Morgan fingerprint density at radius 1 is 0.883 bits per heavy atom. The Morgan fingerprint density at radius 2 is 1.61 bits per heavy atom. The smallest absolute Gasteiger partial charge is 0.407 e. The van der Waals surface area contributed by atoms with E-state index in [-0.39, 0.29) is 82.1 Å². The standard InChI is InChI=1S/C61H81ClFN15O16/c1-32(2)48(54(83)76-42(10-8-17-71-56(66)86)53(82)75-41-9-6-7-11-44(41)93-60(55(84)85)59(5,89)61(90,94-57(67)87)58(4,88)31-92-60)77-46(80)29-39(65)52(81)70-20-24-91-23-16-45(79)68-18-19-69-50-47(51-73-40-13-12-35(62)28-43(40)74-51)49(78-21-14-37(64)15-22-78)38(30-72-50)34-25-33(3)26-36(63)27-34/h6-7,9,11-13,25-28,30,32,37,39,42,48,88-90H,8,10,14-24,29,31,64-65H2,1-5H3,(H2,67,87)(H,68,79)(H,69,72)(H,70,81)(H,73,74)(H,75,82)(H,76,83)(H,77,80)(H,84,85)(H3,66,71,86)/t39-,42+,48+,58?,59?,60?,61?/m1/s1. The number of imidazole rings is 1. The van der Waals surface area contributed by atoms with Crippen molar-refractivity contribution in [1.29, 1.82) is 0 Å². The second-order valence-electron chi connectivity index (χ2n) is 23.6. The number of hydrogen-bond acceptors (Lipinski definition) is 21. The summed E-state index contributed by atoms with van der Waals surface area (Å²) in [6.07, 6.45) is 0.681. The number of anilines is 3. The number of fused-ring (bicyclic) bond motifs is 1. The van der Waals surface area contributed by atoms with E-state index in [1.807, 2.05) is 13.0 Å². The second-order valence-corrected chi connectivity index (χ2v) is 24.0. The molecule has 510 valence electrons. The molecule has 4 heterocycles. The number of benzene rings is 3. The lowest BCUT2D eigenvalue weighted by molar-refractivity contribution is -0.440. The highest BCUT2D eigenvalue weighted by atomic mass is 35.5. The van der Waals surface area contributed by atoms with E-state index in [2.05, 4.69) is 47.1 Å². The zero-order valence-electron chi connectivity index (χ0n) is 52.4. The molecule has 0 spiro atoms. The number of carboxylic acids is 1. The molecule has 2 aromatic heterocycles. The normalized spacial score (nSPS) is 20.7. The Labute approximate surface area is 544 Å². The summed E-state index contributed by atoms with van der Waals surface area (Å²) in [4.78, 5) is 119. The number of nitrogens with zero attached hydrogens (tertiary/aromatic N) is 3. The van der Waals surface area contributed by atoms with Gasteiger partial charge in [0.2, 0.25) is 35.1 Å². The van der Waals surface area contributed by atoms with Crippen LogP contribution in [0.1, 0.15) is 71.8 Å². The van der Waals surface area contributed by atoms with E-state index < -0.39 is 107 Å². The lowest BCUT2D eigenvalue weighted by atomic mass is 9.74. The highest BCUT2D eigenvalue weighted by Gasteiger charge is 2.78. The van der Waals surface area contributed by atoms with Crippen molar-refractivity contribution in [3.8, 4) is 28.3 Å². The third kappa shape index (κ3) is 17.4. The molecule has 4 unspecified atom stereocenters. The summed E-state index contributed by atoms with van der Waals surface area (Å²) in [5.41, 5.74) is 21.3. The van der Waals surface area contributed by atoms with Gasteiger partial charge < -0.3 is 109 Å². The topological polar surface area (TPSA) is 488 Å². The van der Waals surface area contributed by atoms with Crippen LogP contribution in [0.15, 0.2) is 66.9 Å². The number of aromatic nitrogens is 3. The average Bonchev–Trinajstić information content (AvgIpc) is 0.797. The maximum absolute atomic E-state index is 15.0. The van der Waals surface area contributed by atoms with Crippen LogP contribution in [0.3, 0.4) is 0 Å². The van der Waals surface area contributed by atoms with Crippen LogP contribution in [-0.4, -0.2) is 189 Å². The van der Waals surface area contributed by atoms with Crippen molar-refractivity contribution in [3.05, 3.63) is 83.3 Å². The van der Waals surface area contributed by atoms with Crippen LogP contribution in [0.4, 0.5) is 31.2 Å². The summed E-state index contributed by atoms with van der Waals surface area (Å²) < 4.78 is 36.4. The Balaban J connectivity index is 0.896. The number of pyridine rings is 1. The van der Waals surface area contributed by atoms with Crippen molar-refractivity contribution in [1.82, 2.24) is 41.5 Å². The quantitative estimate of drug-likeness (QED) is 0.0227. The molecule has 0 bridgehead atoms. The Hall–Kier alpha value is -9.02. The molecule has 7 atom stereocenters. The molecule has 2 aliphatic heterocycles. The molecular weight excluding hydrogens is 1250 g/mol. The molecule has 5 aromatic rings. The van der Waals surface area contributed by atoms with Gasteiger partial charge in [-0.25, -0.2) is 28.7 Å². The highest BCUT2D eigenvalue weighted by Crippen LogP contribution is 2.49. The van der Waals surface area contributed by atoms with Crippen LogP contribution in [0.5, 0.6) is 5.75 Å². The van der Waals surface area contributed by atoms with Gasteiger partial charge in [0.15, 0.2) is 5.60 Å². The first-order valence-corrected chi connectivity index (χ1v) is 30.6. The Morgan fingerprint density at radius 3 is 2.29 bits per heavy atom. The van der Waals surface area contributed by atoms with E-state index in [1.54, 1.807) is 38.2 Å². The van der Waals surface area contributed by atoms with Gasteiger partial charge in [-0.2, -0.15) is 0 Å². The van der Waals surface area contributed by atoms with Crippen LogP contribution in [0, 0.1) is 18.7 Å². The molecule has 2 saturated heterocycles. The summed E-state index contributed by atoms with van der Waals surface area (Å²) >= 11 is 6.36. The number of ether oxygens (including phenoxy) is 4. The van der Waals surface area contributed by atoms with Gasteiger partial charge in [-0.05, 0) is 106 Å². The molecule has 8 amide bonds. The molecule has 33 heteroatoms. The van der Waals surface area contributed by atoms with Gasteiger partial charge in [0.1, 0.15) is 35.3 Å². The van der Waals surface area contributed by atoms with Crippen LogP contribution < -0.4 is 69.8 Å². The molecular formula is C61H81ClFN15O16. The van der Waals surface area contributed by atoms with Crippen molar-refractivity contribution in [2.75, 3.05) is 74.6 Å². The number of aliphatic hydroxyl groups is 3. The minimum atomic E-state index is -3.48. The number of piperidine rings is 1. The number of para-hydroxylation sites is 2. The van der Waals surface area contributed by atoms with E-state index in [4.69, 9.17) is 63.5 Å². The number of H-pyrrole nitrogens is 1. The van der Waals surface area contributed by atoms with Crippen LogP contribution in [0.25, 0.3) is 33.5 Å². The van der Waals surface area contributed by atoms with Crippen molar-refractivity contribution in [2.45, 2.75) is 120 Å². The zero-order valence-corrected chi connectivity index (χ0v) is 53.2. The van der Waals surface area contributed by atoms with E-state index in [0.717, 1.165) is 37.1 Å². The van der Waals surface area contributed by atoms with Gasteiger partial charge in [-0.1, -0.05) is 43.6 Å². The maximum Gasteiger partial charge on any atom is 0.407 e. The second kappa shape index (κ2) is 31.3. The highest BCUT2D eigenvalue weighted by molar-refractivity contribution is 6.31. The number of nitrogens with one attached hydrogen (secondary N) is 8. The maximum atomic E-state index is 15.0. The number of amides is 8. The first-order valence-electron chi connectivity index (χ1n) is 30.2. The van der Waals surface area contributed by atoms with Gasteiger partial charge in [0.05, 0.1) is 60.3 Å². The number of aryl methyl sites for hydroxylation is 1. The van der Waals surface area contributed by atoms with Gasteiger partial charge >= 0.3 is 23.9 Å². The molecule has 20 N–H and O–H groups in total. The number of aliphatic carboxylic acids is 1. The summed E-state index contributed by atoms with van der Waals surface area (Å²) in [5, 5.41) is 63.7. The lowest BCUT2D eigenvalue weighted by Gasteiger charge is -2.56. The van der Waals surface area contributed by atoms with Gasteiger partial charge in [-0.3, -0.25) is 24.0 Å². The summed E-state index contributed by atoms with van der Waals surface area (Å²) in [7, 11) is 0. The van der Waals surface area contributed by atoms with Crippen LogP contribution in [-0.2, 0) is 43.0 Å². The average molecular weight is 1330 g/mol. The van der Waals surface area contributed by atoms with Crippen LogP contribution >= 0.6 is 11.6 Å². The van der Waals surface area contributed by atoms with Gasteiger partial charge in [0, 0.05) is 68.5 Å².